The predicted molar refractivity (Wildman–Crippen MR) is 132 cm³/mol. The van der Waals surface area contributed by atoms with E-state index in [1.54, 1.807) is 6.07 Å². The Kier molecular flexibility index (Phi) is 7.68. The van der Waals surface area contributed by atoms with E-state index in [0.717, 1.165) is 48.7 Å². The minimum atomic E-state index is -3.79. The molecule has 0 radical (unpaired) electrons. The zero-order valence-electron chi connectivity index (χ0n) is 19.3. The van der Waals surface area contributed by atoms with Gasteiger partial charge in [0.25, 0.3) is 6.01 Å². The number of ether oxygens (including phenoxy) is 1. The molecule has 11 heteroatoms. The zero-order valence-corrected chi connectivity index (χ0v) is 21.0. The largest absolute Gasteiger partial charge is 0.611 e. The van der Waals surface area contributed by atoms with Gasteiger partial charge in [0, 0.05) is 31.7 Å². The number of anilines is 1. The van der Waals surface area contributed by atoms with E-state index < -0.39 is 21.2 Å². The van der Waals surface area contributed by atoms with Gasteiger partial charge in [0.15, 0.2) is 10.5 Å². The number of rotatable bonds is 9. The molecule has 1 aliphatic rings. The number of oxazole rings is 1. The molecule has 184 valence electrons. The zero-order chi connectivity index (χ0) is 24.3. The standard InChI is InChI=1S/C23H30N4O5S2/c1-3-31-18-11-16(12-19(13-18)33(28)4-2)15-27-9-7-17(8-10-27)25-23-26-21-14-20(34(24,29)30)5-6-22(21)32-23/h5-6,11-14,17H,3-4,7-10,15H2,1-2H3,(H,25,26)(H2,24,29,30). The summed E-state index contributed by atoms with van der Waals surface area (Å²) in [5.74, 6) is 1.33. The van der Waals surface area contributed by atoms with E-state index in [4.69, 9.17) is 14.3 Å². The molecule has 3 aromatic rings. The molecule has 1 fully saturated rings. The van der Waals surface area contributed by atoms with Crippen LogP contribution in [0.15, 0.2) is 50.6 Å². The van der Waals surface area contributed by atoms with E-state index in [1.165, 1.54) is 12.1 Å². The summed E-state index contributed by atoms with van der Waals surface area (Å²) in [7, 11) is -3.79. The summed E-state index contributed by atoms with van der Waals surface area (Å²) in [6.45, 7) is 6.96. The molecule has 0 bridgehead atoms. The van der Waals surface area contributed by atoms with Gasteiger partial charge in [-0.25, -0.2) is 13.6 Å². The number of sulfonamides is 1. The Bertz CT molecular complexity index is 1240. The molecule has 0 saturated carbocycles. The van der Waals surface area contributed by atoms with Crippen LogP contribution < -0.4 is 15.2 Å². The van der Waals surface area contributed by atoms with Crippen molar-refractivity contribution in [2.75, 3.05) is 30.8 Å². The fourth-order valence-electron chi connectivity index (χ4n) is 4.08. The highest BCUT2D eigenvalue weighted by Crippen LogP contribution is 2.26. The van der Waals surface area contributed by atoms with Crippen LogP contribution in [0.3, 0.4) is 0 Å². The van der Waals surface area contributed by atoms with Gasteiger partial charge in [0.05, 0.1) is 11.5 Å². The lowest BCUT2D eigenvalue weighted by Crippen LogP contribution is -2.38. The van der Waals surface area contributed by atoms with Crippen LogP contribution in [0.2, 0.25) is 0 Å². The van der Waals surface area contributed by atoms with E-state index in [1.807, 2.05) is 32.0 Å². The van der Waals surface area contributed by atoms with Crippen LogP contribution in [-0.2, 0) is 27.7 Å². The summed E-state index contributed by atoms with van der Waals surface area (Å²) < 4.78 is 46.9. The molecule has 2 aromatic carbocycles. The highest BCUT2D eigenvalue weighted by molar-refractivity contribution is 7.91. The number of hydrogen-bond acceptors (Lipinski definition) is 8. The maximum absolute atomic E-state index is 12.3. The Hall–Kier alpha value is -2.31. The first-order valence-corrected chi connectivity index (χ1v) is 14.2. The minimum absolute atomic E-state index is 0.00694. The number of benzene rings is 2. The summed E-state index contributed by atoms with van der Waals surface area (Å²) >= 11 is -1.03. The molecule has 2 heterocycles. The van der Waals surface area contributed by atoms with Crippen molar-refractivity contribution in [1.29, 1.82) is 0 Å². The lowest BCUT2D eigenvalue weighted by atomic mass is 10.0. The van der Waals surface area contributed by atoms with Gasteiger partial charge >= 0.3 is 0 Å². The molecule has 1 saturated heterocycles. The van der Waals surface area contributed by atoms with Crippen molar-refractivity contribution >= 4 is 38.3 Å². The first kappa shape index (κ1) is 24.8. The average Bonchev–Trinajstić information content (AvgIpc) is 3.21. The summed E-state index contributed by atoms with van der Waals surface area (Å²) in [5, 5.41) is 8.52. The van der Waals surface area contributed by atoms with Gasteiger partial charge < -0.3 is 19.0 Å². The van der Waals surface area contributed by atoms with Crippen molar-refractivity contribution in [3.8, 4) is 5.75 Å². The van der Waals surface area contributed by atoms with E-state index in [9.17, 15) is 13.0 Å². The number of fused-ring (bicyclic) bond motifs is 1. The normalized spacial score (nSPS) is 16.6. The van der Waals surface area contributed by atoms with E-state index >= 15 is 0 Å². The number of nitrogens with zero attached hydrogens (tertiary/aromatic N) is 2. The molecular formula is C23H30N4O5S2. The smallest absolute Gasteiger partial charge is 0.295 e. The van der Waals surface area contributed by atoms with Crippen LogP contribution >= 0.6 is 0 Å². The molecule has 9 nitrogen and oxygen atoms in total. The Morgan fingerprint density at radius 3 is 2.68 bits per heavy atom. The summed E-state index contributed by atoms with van der Waals surface area (Å²) in [6, 6.07) is 10.9. The van der Waals surface area contributed by atoms with Crippen LogP contribution in [-0.4, -0.2) is 54.3 Å². The molecule has 4 rings (SSSR count). The molecule has 34 heavy (non-hydrogen) atoms. The lowest BCUT2D eigenvalue weighted by Gasteiger charge is -2.32. The molecule has 1 aliphatic heterocycles. The Morgan fingerprint density at radius 2 is 2.00 bits per heavy atom. The van der Waals surface area contributed by atoms with Crippen molar-refractivity contribution in [1.82, 2.24) is 9.88 Å². The third-order valence-electron chi connectivity index (χ3n) is 5.78. The maximum atomic E-state index is 12.3. The van der Waals surface area contributed by atoms with Crippen LogP contribution in [0, 0.1) is 0 Å². The fourth-order valence-corrected chi connectivity index (χ4v) is 5.48. The molecule has 1 unspecified atom stereocenters. The molecular weight excluding hydrogens is 476 g/mol. The average molecular weight is 507 g/mol. The van der Waals surface area contributed by atoms with Gasteiger partial charge in [-0.15, -0.1) is 0 Å². The summed E-state index contributed by atoms with van der Waals surface area (Å²) in [6.07, 6.45) is 1.81. The topological polar surface area (TPSA) is 134 Å². The third-order valence-corrected chi connectivity index (χ3v) is 7.98. The Balaban J connectivity index is 1.37. The SMILES string of the molecule is CCOc1cc(CN2CCC(Nc3nc4cc(S(N)(=O)=O)ccc4o3)CC2)cc([S+]([O-])CC)c1. The molecule has 0 amide bonds. The number of nitrogens with two attached hydrogens (primary N) is 1. The number of nitrogens with one attached hydrogen (secondary N) is 1. The second-order valence-electron chi connectivity index (χ2n) is 8.27. The number of primary sulfonamides is 1. The van der Waals surface area contributed by atoms with Gasteiger partial charge in [0.2, 0.25) is 10.0 Å². The van der Waals surface area contributed by atoms with Crippen LogP contribution in [0.5, 0.6) is 5.75 Å². The summed E-state index contributed by atoms with van der Waals surface area (Å²) in [5.41, 5.74) is 2.04. The Labute approximate surface area is 202 Å². The predicted octanol–water partition coefficient (Wildman–Crippen LogP) is 3.08. The van der Waals surface area contributed by atoms with Crippen molar-refractivity contribution in [2.24, 2.45) is 5.14 Å². The van der Waals surface area contributed by atoms with Gasteiger partial charge in [-0.1, -0.05) is 0 Å². The first-order valence-electron chi connectivity index (χ1n) is 11.3. The number of hydrogen-bond donors (Lipinski definition) is 2. The van der Waals surface area contributed by atoms with Crippen molar-refractivity contribution < 1.29 is 22.1 Å². The van der Waals surface area contributed by atoms with Crippen molar-refractivity contribution in [3.05, 3.63) is 42.0 Å². The molecule has 0 aliphatic carbocycles. The third kappa shape index (κ3) is 6.02. The second-order valence-corrected chi connectivity index (χ2v) is 11.6. The van der Waals surface area contributed by atoms with E-state index in [2.05, 4.69) is 15.2 Å². The van der Waals surface area contributed by atoms with Crippen molar-refractivity contribution in [2.45, 2.75) is 49.1 Å². The molecule has 1 atom stereocenters. The highest BCUT2D eigenvalue weighted by Gasteiger charge is 2.22. The quantitative estimate of drug-likeness (QED) is 0.423. The van der Waals surface area contributed by atoms with Gasteiger partial charge in [0.1, 0.15) is 17.0 Å². The van der Waals surface area contributed by atoms with Crippen LogP contribution in [0.1, 0.15) is 32.3 Å². The van der Waals surface area contributed by atoms with Crippen molar-refractivity contribution in [3.63, 3.8) is 0 Å². The van der Waals surface area contributed by atoms with Gasteiger partial charge in [-0.3, -0.25) is 4.90 Å². The summed E-state index contributed by atoms with van der Waals surface area (Å²) in [4.78, 5) is 7.56. The fraction of sp³-hybridized carbons (Fsp3) is 0.435. The molecule has 0 spiro atoms. The van der Waals surface area contributed by atoms with Crippen LogP contribution in [0.4, 0.5) is 6.01 Å². The second kappa shape index (κ2) is 10.5. The monoisotopic (exact) mass is 506 g/mol. The Morgan fingerprint density at radius 1 is 1.24 bits per heavy atom. The van der Waals surface area contributed by atoms with E-state index in [0.29, 0.717) is 29.5 Å². The first-order chi connectivity index (χ1) is 16.2. The lowest BCUT2D eigenvalue weighted by molar-refractivity contribution is 0.210. The van der Waals surface area contributed by atoms with Gasteiger partial charge in [-0.05, 0) is 73.8 Å². The van der Waals surface area contributed by atoms with Crippen LogP contribution in [0.25, 0.3) is 11.1 Å². The molecule has 3 N–H and O–H groups in total. The number of piperidine rings is 1. The number of aromatic nitrogens is 1. The highest BCUT2D eigenvalue weighted by atomic mass is 32.2. The van der Waals surface area contributed by atoms with E-state index in [-0.39, 0.29) is 10.9 Å². The van der Waals surface area contributed by atoms with Gasteiger partial charge in [-0.2, -0.15) is 4.98 Å². The minimum Gasteiger partial charge on any atom is -0.611 e. The molecule has 1 aromatic heterocycles. The maximum Gasteiger partial charge on any atom is 0.295 e. The number of likely N-dealkylation sites (tertiary alicyclic amines) is 1.